The first kappa shape index (κ1) is 30.1. The molecule has 4 aromatic rings. The smallest absolute Gasteiger partial charge is 0.410 e. The summed E-state index contributed by atoms with van der Waals surface area (Å²) in [6, 6.07) is 15.3. The van der Waals surface area contributed by atoms with E-state index in [0.29, 0.717) is 35.4 Å². The molecule has 1 atom stereocenters. The minimum Gasteiger partial charge on any atom is -0.453 e. The summed E-state index contributed by atoms with van der Waals surface area (Å²) in [6.07, 6.45) is 4.94. The van der Waals surface area contributed by atoms with Crippen molar-refractivity contribution in [1.29, 1.82) is 0 Å². The molecular weight excluding hydrogens is 590 g/mol. The van der Waals surface area contributed by atoms with Gasteiger partial charge >= 0.3 is 6.09 Å². The fourth-order valence-electron chi connectivity index (χ4n) is 4.63. The predicted octanol–water partition coefficient (Wildman–Crippen LogP) is 8.91. The number of anilines is 2. The van der Waals surface area contributed by atoms with E-state index in [-0.39, 0.29) is 17.3 Å². The molecule has 5 rings (SSSR count). The molecule has 42 heavy (non-hydrogen) atoms. The van der Waals surface area contributed by atoms with Crippen LogP contribution in [-0.2, 0) is 4.74 Å². The molecule has 1 aliphatic heterocycles. The van der Waals surface area contributed by atoms with E-state index in [2.05, 4.69) is 15.3 Å². The monoisotopic (exact) mass is 623 g/mol. The molecule has 220 valence electrons. The number of thiazole rings is 1. The first-order valence-electron chi connectivity index (χ1n) is 13.8. The van der Waals surface area contributed by atoms with Crippen molar-refractivity contribution >= 4 is 51.7 Å². The highest BCUT2D eigenvalue weighted by molar-refractivity contribution is 7.99. The standard InChI is InChI=1S/C31H34ClN5O3S2/c1-20-19-41-29(35-20)36-28-25(39-22-9-6-5-7-10-22)17-23(18-34-28)42-27(26-24(32)11-8-14-33-26)21-12-15-37(16-13-21)30(38)40-31(2,3)4/h5-11,14,17-19,21,27H,12-13,15-16H2,1-4H3,(H,34,35,36). The molecule has 11 heteroatoms. The number of benzene rings is 1. The van der Waals surface area contributed by atoms with E-state index >= 15 is 0 Å². The second kappa shape index (κ2) is 13.3. The van der Waals surface area contributed by atoms with Crippen LogP contribution < -0.4 is 10.1 Å². The Morgan fingerprint density at radius 1 is 1.14 bits per heavy atom. The normalized spacial score (nSPS) is 14.8. The number of carbonyl (C=O) groups excluding carboxylic acids is 1. The summed E-state index contributed by atoms with van der Waals surface area (Å²) in [5.74, 6) is 2.11. The van der Waals surface area contributed by atoms with Crippen LogP contribution >= 0.6 is 34.7 Å². The van der Waals surface area contributed by atoms with E-state index in [0.717, 1.165) is 34.3 Å². The Morgan fingerprint density at radius 3 is 2.57 bits per heavy atom. The Kier molecular flexibility index (Phi) is 9.55. The lowest BCUT2D eigenvalue weighted by Gasteiger charge is -2.36. The lowest BCUT2D eigenvalue weighted by atomic mass is 9.91. The lowest BCUT2D eigenvalue weighted by Crippen LogP contribution is -2.42. The number of likely N-dealkylation sites (tertiary alicyclic amines) is 1. The van der Waals surface area contributed by atoms with Crippen LogP contribution in [0.2, 0.25) is 5.02 Å². The molecule has 4 heterocycles. The number of halogens is 1. The predicted molar refractivity (Wildman–Crippen MR) is 169 cm³/mol. The summed E-state index contributed by atoms with van der Waals surface area (Å²) < 4.78 is 11.9. The molecule has 0 aliphatic carbocycles. The molecule has 8 nitrogen and oxygen atoms in total. The average Bonchev–Trinajstić information content (AvgIpc) is 3.37. The third kappa shape index (κ3) is 7.93. The number of nitrogens with one attached hydrogen (secondary N) is 1. The summed E-state index contributed by atoms with van der Waals surface area (Å²) in [7, 11) is 0. The molecule has 3 aromatic heterocycles. The van der Waals surface area contributed by atoms with E-state index in [1.54, 1.807) is 22.9 Å². The van der Waals surface area contributed by atoms with E-state index in [1.165, 1.54) is 11.3 Å². The van der Waals surface area contributed by atoms with Gasteiger partial charge in [-0.05, 0) is 76.8 Å². The quantitative estimate of drug-likeness (QED) is 0.195. The maximum Gasteiger partial charge on any atom is 0.410 e. The number of aromatic nitrogens is 3. The third-order valence-corrected chi connectivity index (χ3v) is 9.13. The number of aryl methyl sites for hydroxylation is 1. The maximum atomic E-state index is 12.7. The Balaban J connectivity index is 1.40. The molecule has 0 saturated carbocycles. The summed E-state index contributed by atoms with van der Waals surface area (Å²) in [6.45, 7) is 8.83. The largest absolute Gasteiger partial charge is 0.453 e. The molecule has 1 aromatic carbocycles. The molecule has 1 saturated heterocycles. The number of pyridine rings is 2. The van der Waals surface area contributed by atoms with Crippen molar-refractivity contribution in [3.63, 3.8) is 0 Å². The molecule has 1 fully saturated rings. The van der Waals surface area contributed by atoms with Crippen molar-refractivity contribution in [2.75, 3.05) is 18.4 Å². The van der Waals surface area contributed by atoms with Gasteiger partial charge in [-0.2, -0.15) is 0 Å². The van der Waals surface area contributed by atoms with Crippen LogP contribution in [0.4, 0.5) is 15.7 Å². The van der Waals surface area contributed by atoms with Crippen LogP contribution in [0, 0.1) is 12.8 Å². The number of piperidine rings is 1. The summed E-state index contributed by atoms with van der Waals surface area (Å²) >= 11 is 9.87. The number of hydrogen-bond acceptors (Lipinski definition) is 9. The van der Waals surface area contributed by atoms with Crippen LogP contribution in [0.1, 0.15) is 50.3 Å². The average molecular weight is 624 g/mol. The fourth-order valence-corrected chi connectivity index (χ4v) is 6.97. The minimum atomic E-state index is -0.528. The van der Waals surface area contributed by atoms with Crippen molar-refractivity contribution in [3.8, 4) is 11.5 Å². The number of carbonyl (C=O) groups is 1. The Hall–Kier alpha value is -3.34. The van der Waals surface area contributed by atoms with Gasteiger partial charge in [0.2, 0.25) is 0 Å². The zero-order chi connectivity index (χ0) is 29.7. The molecule has 0 spiro atoms. The van der Waals surface area contributed by atoms with Gasteiger partial charge in [-0.1, -0.05) is 29.8 Å². The van der Waals surface area contributed by atoms with Gasteiger partial charge in [-0.25, -0.2) is 14.8 Å². The summed E-state index contributed by atoms with van der Waals surface area (Å²) in [5, 5.41) is 6.61. The number of hydrogen-bond donors (Lipinski definition) is 1. The topological polar surface area (TPSA) is 89.5 Å². The fraction of sp³-hybridized carbons (Fsp3) is 0.355. The van der Waals surface area contributed by atoms with Crippen LogP contribution in [-0.4, -0.2) is 44.6 Å². The Labute approximate surface area is 259 Å². The van der Waals surface area contributed by atoms with Gasteiger partial charge in [0.1, 0.15) is 11.4 Å². The molecule has 1 aliphatic rings. The Bertz CT molecular complexity index is 1500. The van der Waals surface area contributed by atoms with E-state index in [9.17, 15) is 4.79 Å². The molecule has 1 amide bonds. The number of para-hydroxylation sites is 1. The first-order chi connectivity index (χ1) is 20.1. The van der Waals surface area contributed by atoms with Gasteiger partial charge in [0.05, 0.1) is 21.7 Å². The van der Waals surface area contributed by atoms with Crippen molar-refractivity contribution < 1.29 is 14.3 Å². The van der Waals surface area contributed by atoms with Gasteiger partial charge < -0.3 is 19.7 Å². The van der Waals surface area contributed by atoms with Gasteiger partial charge in [0, 0.05) is 35.8 Å². The molecule has 1 N–H and O–H groups in total. The minimum absolute atomic E-state index is 0.0497. The SMILES string of the molecule is Cc1csc(Nc2ncc(SC(c3ncccc3Cl)C3CCN(C(=O)OC(C)(C)C)CC3)cc2Oc2ccccc2)n1. The van der Waals surface area contributed by atoms with Gasteiger partial charge in [0.25, 0.3) is 0 Å². The van der Waals surface area contributed by atoms with Gasteiger partial charge in [-0.15, -0.1) is 23.1 Å². The number of thioether (sulfide) groups is 1. The number of amides is 1. The highest BCUT2D eigenvalue weighted by Crippen LogP contribution is 2.47. The number of ether oxygens (including phenoxy) is 2. The second-order valence-corrected chi connectivity index (χ2v) is 13.5. The highest BCUT2D eigenvalue weighted by Gasteiger charge is 2.34. The second-order valence-electron chi connectivity index (χ2n) is 11.1. The molecular formula is C31H34ClN5O3S2. The zero-order valence-electron chi connectivity index (χ0n) is 24.0. The van der Waals surface area contributed by atoms with Crippen LogP contribution in [0.5, 0.6) is 11.5 Å². The molecule has 1 unspecified atom stereocenters. The zero-order valence-corrected chi connectivity index (χ0v) is 26.4. The summed E-state index contributed by atoms with van der Waals surface area (Å²) in [4.78, 5) is 29.4. The first-order valence-corrected chi connectivity index (χ1v) is 16.0. The van der Waals surface area contributed by atoms with E-state index < -0.39 is 5.60 Å². The van der Waals surface area contributed by atoms with Crippen molar-refractivity contribution in [1.82, 2.24) is 19.9 Å². The Morgan fingerprint density at radius 2 is 1.90 bits per heavy atom. The van der Waals surface area contributed by atoms with Gasteiger partial charge in [-0.3, -0.25) is 4.98 Å². The van der Waals surface area contributed by atoms with Gasteiger partial charge in [0.15, 0.2) is 16.7 Å². The van der Waals surface area contributed by atoms with E-state index in [4.69, 9.17) is 26.1 Å². The van der Waals surface area contributed by atoms with Crippen molar-refractivity contribution in [2.45, 2.75) is 56.3 Å². The third-order valence-electron chi connectivity index (χ3n) is 6.58. The van der Waals surface area contributed by atoms with Crippen LogP contribution in [0.25, 0.3) is 0 Å². The molecule has 0 bridgehead atoms. The van der Waals surface area contributed by atoms with E-state index in [1.807, 2.05) is 87.8 Å². The highest BCUT2D eigenvalue weighted by atomic mass is 35.5. The molecule has 0 radical (unpaired) electrons. The number of nitrogens with zero attached hydrogens (tertiary/aromatic N) is 4. The van der Waals surface area contributed by atoms with Crippen molar-refractivity contribution in [3.05, 3.63) is 82.7 Å². The summed E-state index contributed by atoms with van der Waals surface area (Å²) in [5.41, 5.74) is 1.23. The number of rotatable bonds is 8. The maximum absolute atomic E-state index is 12.7. The van der Waals surface area contributed by atoms with Crippen LogP contribution in [0.15, 0.2) is 71.2 Å². The van der Waals surface area contributed by atoms with Crippen molar-refractivity contribution in [2.24, 2.45) is 5.92 Å². The van der Waals surface area contributed by atoms with Crippen LogP contribution in [0.3, 0.4) is 0 Å². The lowest BCUT2D eigenvalue weighted by molar-refractivity contribution is 0.0183.